The van der Waals surface area contributed by atoms with Crippen LogP contribution in [0.5, 0.6) is 0 Å². The van der Waals surface area contributed by atoms with Crippen molar-refractivity contribution in [1.82, 2.24) is 0 Å². The number of carbonyl (C=O) groups is 1. The lowest BCUT2D eigenvalue weighted by Gasteiger charge is -2.03. The predicted molar refractivity (Wildman–Crippen MR) is 72.2 cm³/mol. The van der Waals surface area contributed by atoms with E-state index >= 15 is 0 Å². The summed E-state index contributed by atoms with van der Waals surface area (Å²) >= 11 is 3.17. The summed E-state index contributed by atoms with van der Waals surface area (Å²) in [5, 5.41) is 12.1. The van der Waals surface area contributed by atoms with Gasteiger partial charge in [-0.1, -0.05) is 15.9 Å². The Labute approximate surface area is 125 Å². The van der Waals surface area contributed by atoms with Crippen molar-refractivity contribution in [3.05, 3.63) is 68.6 Å². The van der Waals surface area contributed by atoms with Crippen molar-refractivity contribution < 1.29 is 22.7 Å². The molecule has 0 spiro atoms. The number of rotatable bonds is 1. The van der Waals surface area contributed by atoms with E-state index in [1.54, 1.807) is 6.07 Å². The zero-order chi connectivity index (χ0) is 15.3. The number of fused-ring (bicyclic) bond motifs is 1. The minimum absolute atomic E-state index is 0.0725. The van der Waals surface area contributed by atoms with Gasteiger partial charge < -0.3 is 5.21 Å². The molecule has 0 fully saturated rings. The fourth-order valence-corrected chi connectivity index (χ4v) is 2.51. The van der Waals surface area contributed by atoms with Gasteiger partial charge in [-0.25, -0.2) is 13.2 Å². The average Bonchev–Trinajstić information content (AvgIpc) is 2.67. The minimum Gasteiger partial charge on any atom is -0.618 e. The molecule has 21 heavy (non-hydrogen) atoms. The van der Waals surface area contributed by atoms with Gasteiger partial charge in [0.05, 0.1) is 5.56 Å². The molecule has 2 aromatic rings. The molecule has 0 aromatic heterocycles. The Balaban J connectivity index is 2.21. The maximum atomic E-state index is 13.3. The summed E-state index contributed by atoms with van der Waals surface area (Å²) in [6.45, 7) is 0. The van der Waals surface area contributed by atoms with Crippen molar-refractivity contribution in [2.24, 2.45) is 0 Å². The number of hydrogen-bond acceptors (Lipinski definition) is 2. The summed E-state index contributed by atoms with van der Waals surface area (Å²) < 4.78 is 40.4. The van der Waals surface area contributed by atoms with Crippen LogP contribution in [-0.2, 0) is 0 Å². The number of Topliss-reactive ketones (excluding diaryl/α,β-unsaturated/α-hetero) is 1. The standard InChI is InChI=1S/C14H5BrF3NO2/c15-7-1-2-11-8(5-7)14(20)13(19(11)21)6-3-9(16)12(18)10(17)4-6/h1-5H. The molecule has 0 N–H and O–H groups in total. The second-order valence-electron chi connectivity index (χ2n) is 4.39. The molecule has 0 saturated heterocycles. The highest BCUT2D eigenvalue weighted by Crippen LogP contribution is 2.31. The first-order valence-electron chi connectivity index (χ1n) is 5.73. The van der Waals surface area contributed by atoms with Gasteiger partial charge in [0, 0.05) is 10.5 Å². The molecule has 0 saturated carbocycles. The van der Waals surface area contributed by atoms with E-state index in [1.807, 2.05) is 0 Å². The van der Waals surface area contributed by atoms with Crippen molar-refractivity contribution in [2.75, 3.05) is 0 Å². The minimum atomic E-state index is -1.65. The first-order chi connectivity index (χ1) is 9.90. The Hall–Kier alpha value is -2.15. The normalized spacial score (nSPS) is 13.8. The van der Waals surface area contributed by atoms with E-state index in [0.717, 1.165) is 0 Å². The number of halogens is 4. The van der Waals surface area contributed by atoms with Crippen LogP contribution < -0.4 is 0 Å². The van der Waals surface area contributed by atoms with Crippen LogP contribution in [0.1, 0.15) is 15.9 Å². The molecule has 0 amide bonds. The van der Waals surface area contributed by atoms with Gasteiger partial charge in [0.15, 0.2) is 17.5 Å². The predicted octanol–water partition coefficient (Wildman–Crippen LogP) is 3.69. The molecular weight excluding hydrogens is 351 g/mol. The van der Waals surface area contributed by atoms with Gasteiger partial charge >= 0.3 is 0 Å². The molecule has 0 atom stereocenters. The molecule has 0 aliphatic carbocycles. The summed E-state index contributed by atoms with van der Waals surface area (Å²) in [6.07, 6.45) is 0. The van der Waals surface area contributed by atoms with E-state index in [-0.39, 0.29) is 21.6 Å². The molecule has 1 aliphatic heterocycles. The molecule has 0 radical (unpaired) electrons. The van der Waals surface area contributed by atoms with E-state index < -0.39 is 28.9 Å². The largest absolute Gasteiger partial charge is 0.618 e. The van der Waals surface area contributed by atoms with Crippen LogP contribution in [0.4, 0.5) is 18.9 Å². The summed E-state index contributed by atoms with van der Waals surface area (Å²) in [6, 6.07) is 5.65. The third-order valence-electron chi connectivity index (χ3n) is 3.10. The first kappa shape index (κ1) is 13.8. The van der Waals surface area contributed by atoms with Gasteiger partial charge in [-0.05, 0) is 24.3 Å². The van der Waals surface area contributed by atoms with E-state index in [0.29, 0.717) is 16.6 Å². The maximum Gasteiger partial charge on any atom is 0.273 e. The number of nitrogens with zero attached hydrogens (tertiary/aromatic N) is 1. The lowest BCUT2D eigenvalue weighted by Crippen LogP contribution is -2.17. The lowest BCUT2D eigenvalue weighted by molar-refractivity contribution is -0.355. The monoisotopic (exact) mass is 355 g/mol. The number of benzene rings is 2. The van der Waals surface area contributed by atoms with Crippen LogP contribution in [0.2, 0.25) is 0 Å². The van der Waals surface area contributed by atoms with Crippen LogP contribution in [0, 0.1) is 22.7 Å². The summed E-state index contributed by atoms with van der Waals surface area (Å²) in [4.78, 5) is 12.2. The molecule has 1 heterocycles. The van der Waals surface area contributed by atoms with Crippen LogP contribution in [0.3, 0.4) is 0 Å². The fourth-order valence-electron chi connectivity index (χ4n) is 2.15. The van der Waals surface area contributed by atoms with E-state index in [1.165, 1.54) is 12.1 Å². The third kappa shape index (κ3) is 2.04. The Morgan fingerprint density at radius 2 is 1.67 bits per heavy atom. The van der Waals surface area contributed by atoms with Crippen LogP contribution in [-0.4, -0.2) is 16.2 Å². The average molecular weight is 356 g/mol. The third-order valence-corrected chi connectivity index (χ3v) is 3.59. The van der Waals surface area contributed by atoms with Crippen molar-refractivity contribution in [1.29, 1.82) is 0 Å². The molecule has 2 aromatic carbocycles. The molecular formula is C14H5BrF3NO2. The fraction of sp³-hybridized carbons (Fsp3) is 0. The molecule has 3 nitrogen and oxygen atoms in total. The highest BCUT2D eigenvalue weighted by molar-refractivity contribution is 9.10. The topological polar surface area (TPSA) is 43.1 Å². The molecule has 106 valence electrons. The number of hydrogen-bond donors (Lipinski definition) is 0. The molecule has 0 bridgehead atoms. The van der Waals surface area contributed by atoms with Crippen LogP contribution >= 0.6 is 15.9 Å². The Morgan fingerprint density at radius 3 is 2.29 bits per heavy atom. The lowest BCUT2D eigenvalue weighted by atomic mass is 10.0. The SMILES string of the molecule is O=C1C(c2cc(F)c(F)c(F)c2)=[N+]([O-])c2ccc(Br)cc21. The Kier molecular flexibility index (Phi) is 3.09. The van der Waals surface area contributed by atoms with Gasteiger partial charge in [0.25, 0.3) is 11.5 Å². The summed E-state index contributed by atoms with van der Waals surface area (Å²) in [5.74, 6) is -5.25. The van der Waals surface area contributed by atoms with Gasteiger partial charge in [-0.2, -0.15) is 4.74 Å². The summed E-state index contributed by atoms with van der Waals surface area (Å²) in [5.41, 5.74) is -0.567. The second-order valence-corrected chi connectivity index (χ2v) is 5.30. The van der Waals surface area contributed by atoms with Crippen molar-refractivity contribution in [3.63, 3.8) is 0 Å². The highest BCUT2D eigenvalue weighted by Gasteiger charge is 2.37. The zero-order valence-electron chi connectivity index (χ0n) is 10.2. The first-order valence-corrected chi connectivity index (χ1v) is 6.53. The molecule has 3 rings (SSSR count). The van der Waals surface area contributed by atoms with Crippen LogP contribution in [0.15, 0.2) is 34.8 Å². The van der Waals surface area contributed by atoms with Gasteiger partial charge in [-0.15, -0.1) is 0 Å². The smallest absolute Gasteiger partial charge is 0.273 e. The van der Waals surface area contributed by atoms with Gasteiger partial charge in [0.2, 0.25) is 5.69 Å². The molecule has 7 heteroatoms. The Morgan fingerprint density at radius 1 is 1.05 bits per heavy atom. The summed E-state index contributed by atoms with van der Waals surface area (Å²) in [7, 11) is 0. The maximum absolute atomic E-state index is 13.3. The van der Waals surface area contributed by atoms with E-state index in [4.69, 9.17) is 0 Å². The van der Waals surface area contributed by atoms with E-state index in [9.17, 15) is 23.2 Å². The zero-order valence-corrected chi connectivity index (χ0v) is 11.7. The highest BCUT2D eigenvalue weighted by atomic mass is 79.9. The number of carbonyl (C=O) groups excluding carboxylic acids is 1. The van der Waals surface area contributed by atoms with Crippen molar-refractivity contribution in [3.8, 4) is 0 Å². The van der Waals surface area contributed by atoms with E-state index in [2.05, 4.69) is 15.9 Å². The Bertz CT molecular complexity index is 810. The quantitative estimate of drug-likeness (QED) is 0.444. The van der Waals surface area contributed by atoms with Crippen LogP contribution in [0.25, 0.3) is 0 Å². The second kappa shape index (κ2) is 4.70. The molecule has 0 unspecified atom stereocenters. The number of ketones is 1. The van der Waals surface area contributed by atoms with Gasteiger partial charge in [-0.3, -0.25) is 4.79 Å². The molecule has 1 aliphatic rings. The van der Waals surface area contributed by atoms with Crippen molar-refractivity contribution in [2.45, 2.75) is 0 Å². The van der Waals surface area contributed by atoms with Crippen molar-refractivity contribution >= 4 is 33.1 Å². The van der Waals surface area contributed by atoms with Gasteiger partial charge in [0.1, 0.15) is 5.56 Å².